The summed E-state index contributed by atoms with van der Waals surface area (Å²) in [5, 5.41) is 9.85. The van der Waals surface area contributed by atoms with Crippen molar-refractivity contribution in [2.24, 2.45) is 17.8 Å². The summed E-state index contributed by atoms with van der Waals surface area (Å²) in [5.41, 5.74) is 1.21. The molecule has 0 radical (unpaired) electrons. The van der Waals surface area contributed by atoms with Gasteiger partial charge in [-0.1, -0.05) is 13.8 Å². The Bertz CT molecular complexity index is 535. The largest absolute Gasteiger partial charge is 0.356 e. The van der Waals surface area contributed by atoms with Crippen LogP contribution in [0.5, 0.6) is 0 Å². The fourth-order valence-electron chi connectivity index (χ4n) is 3.45. The van der Waals surface area contributed by atoms with E-state index in [-0.39, 0.29) is 11.8 Å². The van der Waals surface area contributed by atoms with E-state index in [4.69, 9.17) is 0 Å². The molecule has 0 saturated carbocycles. The van der Waals surface area contributed by atoms with E-state index >= 15 is 0 Å². The molecule has 2 N–H and O–H groups in total. The molecule has 5 nitrogen and oxygen atoms in total. The van der Waals surface area contributed by atoms with E-state index < -0.39 is 0 Å². The van der Waals surface area contributed by atoms with Gasteiger partial charge in [0.1, 0.15) is 0 Å². The maximum absolute atomic E-state index is 12.2. The number of carbonyl (C=O) groups is 1. The number of nitrogens with one attached hydrogen (secondary N) is 2. The van der Waals surface area contributed by atoms with Gasteiger partial charge in [-0.2, -0.15) is 0 Å². The number of aryl methyl sites for hydroxylation is 1. The lowest BCUT2D eigenvalue weighted by Gasteiger charge is -2.33. The smallest absolute Gasteiger partial charge is 0.223 e. The number of hydrogen-bond acceptors (Lipinski definition) is 5. The zero-order chi connectivity index (χ0) is 16.9. The summed E-state index contributed by atoms with van der Waals surface area (Å²) >= 11 is 1.77. The van der Waals surface area contributed by atoms with Crippen LogP contribution in [0, 0.1) is 17.8 Å². The summed E-state index contributed by atoms with van der Waals surface area (Å²) in [6.45, 7) is 10.2. The molecule has 2 saturated heterocycles. The molecule has 0 aliphatic carbocycles. The van der Waals surface area contributed by atoms with Gasteiger partial charge in [0.15, 0.2) is 0 Å². The van der Waals surface area contributed by atoms with Crippen molar-refractivity contribution in [3.05, 3.63) is 16.1 Å². The molecule has 0 bridgehead atoms. The summed E-state index contributed by atoms with van der Waals surface area (Å²) in [4.78, 5) is 19.4. The monoisotopic (exact) mass is 350 g/mol. The lowest BCUT2D eigenvalue weighted by Crippen LogP contribution is -2.50. The predicted octanol–water partition coefficient (Wildman–Crippen LogP) is 1.89. The molecule has 1 aromatic heterocycles. The fourth-order valence-corrected chi connectivity index (χ4v) is 4.18. The van der Waals surface area contributed by atoms with Gasteiger partial charge in [0.25, 0.3) is 0 Å². The average Bonchev–Trinajstić information content (AvgIpc) is 3.00. The van der Waals surface area contributed by atoms with Crippen LogP contribution in [0.15, 0.2) is 5.38 Å². The van der Waals surface area contributed by atoms with Crippen LogP contribution < -0.4 is 10.6 Å². The van der Waals surface area contributed by atoms with Gasteiger partial charge >= 0.3 is 0 Å². The Morgan fingerprint density at radius 3 is 2.79 bits per heavy atom. The Morgan fingerprint density at radius 1 is 1.46 bits per heavy atom. The highest BCUT2D eigenvalue weighted by Crippen LogP contribution is 2.20. The number of piperidine rings is 1. The standard InChI is InChI=1S/C18H30N4OS/c1-3-17-21-16(12-24-17)11-22-6-4-14(5-7-22)8-20-18(23)13(2)15-9-19-10-15/h12-15,19H,3-11H2,1-2H3,(H,20,23). The van der Waals surface area contributed by atoms with Crippen molar-refractivity contribution in [1.29, 1.82) is 0 Å². The first-order valence-corrected chi connectivity index (χ1v) is 10.2. The lowest BCUT2D eigenvalue weighted by molar-refractivity contribution is -0.126. The van der Waals surface area contributed by atoms with Crippen molar-refractivity contribution in [1.82, 2.24) is 20.5 Å². The van der Waals surface area contributed by atoms with Gasteiger partial charge in [0.2, 0.25) is 5.91 Å². The minimum absolute atomic E-state index is 0.142. The molecule has 1 amide bonds. The summed E-state index contributed by atoms with van der Waals surface area (Å²) in [7, 11) is 0. The number of thiazole rings is 1. The predicted molar refractivity (Wildman–Crippen MR) is 98.0 cm³/mol. The van der Waals surface area contributed by atoms with Crippen LogP contribution in [-0.2, 0) is 17.8 Å². The number of aromatic nitrogens is 1. The Morgan fingerprint density at radius 2 is 2.21 bits per heavy atom. The molecule has 24 heavy (non-hydrogen) atoms. The van der Waals surface area contributed by atoms with Crippen LogP contribution >= 0.6 is 11.3 Å². The topological polar surface area (TPSA) is 57.3 Å². The second-order valence-electron chi connectivity index (χ2n) is 7.26. The van der Waals surface area contributed by atoms with Gasteiger partial charge < -0.3 is 10.6 Å². The van der Waals surface area contributed by atoms with E-state index in [1.54, 1.807) is 11.3 Å². The minimum atomic E-state index is 0.142. The molecule has 0 aromatic carbocycles. The van der Waals surface area contributed by atoms with Crippen molar-refractivity contribution in [3.63, 3.8) is 0 Å². The molecule has 6 heteroatoms. The molecule has 2 aliphatic rings. The summed E-state index contributed by atoms with van der Waals surface area (Å²) in [6, 6.07) is 0. The highest BCUT2D eigenvalue weighted by atomic mass is 32.1. The van der Waals surface area contributed by atoms with Gasteiger partial charge in [-0.15, -0.1) is 11.3 Å². The Balaban J connectivity index is 1.35. The van der Waals surface area contributed by atoms with Gasteiger partial charge in [0.05, 0.1) is 10.7 Å². The van der Waals surface area contributed by atoms with Crippen molar-refractivity contribution in [2.45, 2.75) is 39.7 Å². The molecular weight excluding hydrogens is 320 g/mol. The molecule has 1 unspecified atom stereocenters. The number of amides is 1. The van der Waals surface area contributed by atoms with Crippen LogP contribution in [0.4, 0.5) is 0 Å². The van der Waals surface area contributed by atoms with Gasteiger partial charge in [0, 0.05) is 24.4 Å². The Kier molecular flexibility index (Phi) is 6.25. The fraction of sp³-hybridized carbons (Fsp3) is 0.778. The van der Waals surface area contributed by atoms with Crippen molar-refractivity contribution in [2.75, 3.05) is 32.7 Å². The maximum Gasteiger partial charge on any atom is 0.223 e. The third-order valence-corrected chi connectivity index (χ3v) is 6.54. The zero-order valence-corrected chi connectivity index (χ0v) is 15.7. The molecule has 0 spiro atoms. The first-order valence-electron chi connectivity index (χ1n) is 9.29. The highest BCUT2D eigenvalue weighted by molar-refractivity contribution is 7.09. The van der Waals surface area contributed by atoms with Crippen LogP contribution in [0.1, 0.15) is 37.4 Å². The molecule has 2 fully saturated rings. The second kappa shape index (κ2) is 8.41. The Hall–Kier alpha value is -0.980. The summed E-state index contributed by atoms with van der Waals surface area (Å²) in [6.07, 6.45) is 3.37. The van der Waals surface area contributed by atoms with Crippen molar-refractivity contribution >= 4 is 17.2 Å². The highest BCUT2D eigenvalue weighted by Gasteiger charge is 2.29. The Labute approximate surface area is 149 Å². The molecule has 2 aliphatic heterocycles. The van der Waals surface area contributed by atoms with E-state index in [2.05, 4.69) is 39.7 Å². The average molecular weight is 351 g/mol. The van der Waals surface area contributed by atoms with E-state index in [1.165, 1.54) is 23.5 Å². The second-order valence-corrected chi connectivity index (χ2v) is 8.20. The first kappa shape index (κ1) is 17.8. The molecular formula is C18H30N4OS. The third-order valence-electron chi connectivity index (χ3n) is 5.49. The first-order chi connectivity index (χ1) is 11.7. The van der Waals surface area contributed by atoms with Gasteiger partial charge in [-0.3, -0.25) is 9.69 Å². The molecule has 1 aromatic rings. The number of likely N-dealkylation sites (tertiary alicyclic amines) is 1. The number of rotatable bonds is 7. The van der Waals surface area contributed by atoms with Gasteiger partial charge in [-0.25, -0.2) is 4.98 Å². The van der Waals surface area contributed by atoms with Crippen molar-refractivity contribution < 1.29 is 4.79 Å². The normalized spacial score (nSPS) is 21.4. The van der Waals surface area contributed by atoms with E-state index in [9.17, 15) is 4.79 Å². The molecule has 134 valence electrons. The van der Waals surface area contributed by atoms with Gasteiger partial charge in [-0.05, 0) is 57.3 Å². The van der Waals surface area contributed by atoms with Crippen LogP contribution in [0.25, 0.3) is 0 Å². The van der Waals surface area contributed by atoms with Crippen LogP contribution in [0.3, 0.4) is 0 Å². The third kappa shape index (κ3) is 4.55. The lowest BCUT2D eigenvalue weighted by atomic mass is 9.88. The molecule has 1 atom stereocenters. The van der Waals surface area contributed by atoms with Crippen LogP contribution in [-0.4, -0.2) is 48.5 Å². The number of nitrogens with zero attached hydrogens (tertiary/aromatic N) is 2. The minimum Gasteiger partial charge on any atom is -0.356 e. The summed E-state index contributed by atoms with van der Waals surface area (Å²) in [5.74, 6) is 1.53. The number of carbonyl (C=O) groups excluding carboxylic acids is 1. The number of hydrogen-bond donors (Lipinski definition) is 2. The summed E-state index contributed by atoms with van der Waals surface area (Å²) < 4.78 is 0. The quantitative estimate of drug-likeness (QED) is 0.788. The van der Waals surface area contributed by atoms with E-state index in [0.717, 1.165) is 45.7 Å². The zero-order valence-electron chi connectivity index (χ0n) is 14.9. The SMILES string of the molecule is CCc1nc(CN2CCC(CNC(=O)C(C)C3CNC3)CC2)cs1. The molecule has 3 heterocycles. The van der Waals surface area contributed by atoms with E-state index in [1.807, 2.05) is 0 Å². The maximum atomic E-state index is 12.2. The molecule has 3 rings (SSSR count). The van der Waals surface area contributed by atoms with E-state index in [0.29, 0.717) is 11.8 Å². The van der Waals surface area contributed by atoms with Crippen molar-refractivity contribution in [3.8, 4) is 0 Å². The van der Waals surface area contributed by atoms with Crippen LogP contribution in [0.2, 0.25) is 0 Å².